The van der Waals surface area contributed by atoms with Gasteiger partial charge in [-0.25, -0.2) is 13.4 Å². The van der Waals surface area contributed by atoms with Crippen molar-refractivity contribution >= 4 is 27.1 Å². The molecule has 34 heavy (non-hydrogen) atoms. The summed E-state index contributed by atoms with van der Waals surface area (Å²) in [5.74, 6) is 0. The molecule has 0 amide bonds. The van der Waals surface area contributed by atoms with E-state index in [4.69, 9.17) is 4.84 Å². The van der Waals surface area contributed by atoms with E-state index in [9.17, 15) is 28.6 Å². The number of rotatable bonds is 6. The van der Waals surface area contributed by atoms with Gasteiger partial charge in [0.1, 0.15) is 6.10 Å². The molecule has 0 bridgehead atoms. The number of benzene rings is 3. The maximum absolute atomic E-state index is 13.6. The molecule has 11 nitrogen and oxygen atoms in total. The molecule has 1 heterocycles. The van der Waals surface area contributed by atoms with Crippen molar-refractivity contribution in [1.29, 1.82) is 0 Å². The third-order valence-electron chi connectivity index (χ3n) is 5.05. The van der Waals surface area contributed by atoms with Crippen LogP contribution in [0.4, 0.5) is 17.1 Å². The lowest BCUT2D eigenvalue weighted by Crippen LogP contribution is -2.46. The molecule has 0 spiro atoms. The van der Waals surface area contributed by atoms with Crippen LogP contribution in [0.2, 0.25) is 0 Å². The maximum atomic E-state index is 13.6. The normalized spacial score (nSPS) is 16.4. The van der Waals surface area contributed by atoms with Gasteiger partial charge in [-0.2, -0.15) is 0 Å². The summed E-state index contributed by atoms with van der Waals surface area (Å²) in [5.41, 5.74) is 0.633. The van der Waals surface area contributed by atoms with E-state index in [1.807, 2.05) is 0 Å². The van der Waals surface area contributed by atoms with Crippen LogP contribution < -0.4 is 5.01 Å². The van der Waals surface area contributed by atoms with Crippen LogP contribution in [0.15, 0.2) is 90.0 Å². The Morgan fingerprint density at radius 3 is 2.29 bits per heavy atom. The number of non-ortho nitro benzene ring substituents is 1. The molecule has 0 radical (unpaired) electrons. The number of nitro benzene ring substituents is 2. The Morgan fingerprint density at radius 1 is 0.912 bits per heavy atom. The zero-order valence-electron chi connectivity index (χ0n) is 17.7. The van der Waals surface area contributed by atoms with E-state index < -0.39 is 26.0 Å². The van der Waals surface area contributed by atoms with Crippen molar-refractivity contribution in [1.82, 2.24) is 4.58 Å². The minimum absolute atomic E-state index is 0.0925. The second kappa shape index (κ2) is 9.02. The van der Waals surface area contributed by atoms with Crippen molar-refractivity contribution in [2.45, 2.75) is 17.9 Å². The van der Waals surface area contributed by atoms with Gasteiger partial charge in [0.25, 0.3) is 21.4 Å². The summed E-state index contributed by atoms with van der Waals surface area (Å²) >= 11 is 0. The van der Waals surface area contributed by atoms with E-state index in [1.165, 1.54) is 66.9 Å². The quantitative estimate of drug-likeness (QED) is 0.372. The second-order valence-corrected chi connectivity index (χ2v) is 9.06. The van der Waals surface area contributed by atoms with Crippen LogP contribution in [-0.4, -0.2) is 22.8 Å². The molecule has 1 aliphatic rings. The fourth-order valence-electron chi connectivity index (χ4n) is 3.35. The largest absolute Gasteiger partial charge is 0.283 e. The zero-order valence-corrected chi connectivity index (χ0v) is 18.5. The van der Waals surface area contributed by atoms with Crippen LogP contribution in [0.5, 0.6) is 0 Å². The van der Waals surface area contributed by atoms with E-state index in [0.717, 1.165) is 10.6 Å². The highest BCUT2D eigenvalue weighted by molar-refractivity contribution is 7.89. The van der Waals surface area contributed by atoms with Gasteiger partial charge in [-0.1, -0.05) is 35.9 Å². The van der Waals surface area contributed by atoms with Crippen LogP contribution in [-0.2, 0) is 14.9 Å². The number of hydrogen-bond donors (Lipinski definition) is 0. The summed E-state index contributed by atoms with van der Waals surface area (Å²) in [6.45, 7) is 1.80. The Kier molecular flexibility index (Phi) is 6.11. The van der Waals surface area contributed by atoms with E-state index in [1.54, 1.807) is 25.1 Å². The summed E-state index contributed by atoms with van der Waals surface area (Å²) < 4.78 is 27.7. The van der Waals surface area contributed by atoms with Crippen LogP contribution in [0.25, 0.3) is 0 Å². The first-order valence-electron chi connectivity index (χ1n) is 9.92. The molecule has 3 aromatic carbocycles. The highest BCUT2D eigenvalue weighted by Crippen LogP contribution is 2.37. The van der Waals surface area contributed by atoms with Gasteiger partial charge in [0.15, 0.2) is 0 Å². The van der Waals surface area contributed by atoms with Gasteiger partial charge in [-0.15, -0.1) is 0 Å². The van der Waals surface area contributed by atoms with E-state index in [-0.39, 0.29) is 27.5 Å². The SMILES string of the molecule is Cc1ccc(S(=O)(=O)N2OC(c3ccccc3[N+](=O)[O-])C=CN2c2cccc([N+](=O)[O-])c2)cc1. The Bertz CT molecular complexity index is 1390. The van der Waals surface area contributed by atoms with Gasteiger partial charge < -0.3 is 0 Å². The molecule has 1 unspecified atom stereocenters. The first-order chi connectivity index (χ1) is 16.2. The number of para-hydroxylation sites is 1. The van der Waals surface area contributed by atoms with Crippen LogP contribution in [0.3, 0.4) is 0 Å². The van der Waals surface area contributed by atoms with Crippen LogP contribution >= 0.6 is 0 Å². The summed E-state index contributed by atoms with van der Waals surface area (Å²) in [7, 11) is -4.34. The van der Waals surface area contributed by atoms with E-state index in [0.29, 0.717) is 4.58 Å². The van der Waals surface area contributed by atoms with Gasteiger partial charge in [0.05, 0.1) is 26.0 Å². The minimum atomic E-state index is -4.34. The van der Waals surface area contributed by atoms with E-state index >= 15 is 0 Å². The molecule has 1 atom stereocenters. The summed E-state index contributed by atoms with van der Waals surface area (Å²) in [4.78, 5) is 27.3. The Morgan fingerprint density at radius 2 is 1.62 bits per heavy atom. The van der Waals surface area contributed by atoms with Crippen molar-refractivity contribution in [2.75, 3.05) is 5.01 Å². The number of hydrazine groups is 1. The van der Waals surface area contributed by atoms with E-state index in [2.05, 4.69) is 0 Å². The molecule has 0 N–H and O–H groups in total. The molecule has 0 saturated heterocycles. The molecular weight excluding hydrogens is 464 g/mol. The smallest absolute Gasteiger partial charge is 0.258 e. The summed E-state index contributed by atoms with van der Waals surface area (Å²) in [6, 6.07) is 17.2. The topological polar surface area (TPSA) is 136 Å². The summed E-state index contributed by atoms with van der Waals surface area (Å²) in [5, 5.41) is 23.8. The van der Waals surface area contributed by atoms with Crippen molar-refractivity contribution < 1.29 is 23.1 Å². The van der Waals surface area contributed by atoms with Gasteiger partial charge in [-0.3, -0.25) is 25.1 Å². The standard InChI is InChI=1S/C22H18N4O7S/c1-16-9-11-19(12-10-16)34(31,32)26-23(17-5-4-6-18(15-17)24(27)28)14-13-22(33-26)20-7-2-3-8-21(20)25(29)30/h2-15,22H,1H3. The molecule has 0 fully saturated rings. The van der Waals surface area contributed by atoms with Gasteiger partial charge >= 0.3 is 0 Å². The van der Waals surface area contributed by atoms with Crippen molar-refractivity contribution in [3.63, 3.8) is 0 Å². The predicted octanol–water partition coefficient (Wildman–Crippen LogP) is 4.42. The van der Waals surface area contributed by atoms with Crippen LogP contribution in [0.1, 0.15) is 17.2 Å². The highest BCUT2D eigenvalue weighted by atomic mass is 32.2. The number of sulfonamides is 1. The molecule has 0 saturated carbocycles. The molecular formula is C22H18N4O7S. The first kappa shape index (κ1) is 23.0. The summed E-state index contributed by atoms with van der Waals surface area (Å²) in [6.07, 6.45) is 1.66. The number of anilines is 1. The highest BCUT2D eigenvalue weighted by Gasteiger charge is 2.38. The average Bonchev–Trinajstić information content (AvgIpc) is 2.84. The average molecular weight is 482 g/mol. The number of hydrogen-bond acceptors (Lipinski definition) is 8. The minimum Gasteiger partial charge on any atom is -0.258 e. The third-order valence-corrected chi connectivity index (χ3v) is 6.59. The van der Waals surface area contributed by atoms with Gasteiger partial charge in [0, 0.05) is 29.0 Å². The molecule has 0 aromatic heterocycles. The monoisotopic (exact) mass is 482 g/mol. The number of aryl methyl sites for hydroxylation is 1. The lowest BCUT2D eigenvalue weighted by molar-refractivity contribution is -0.386. The zero-order chi connectivity index (χ0) is 24.5. The van der Waals surface area contributed by atoms with Gasteiger partial charge in [0.2, 0.25) is 0 Å². The Labute approximate surface area is 194 Å². The Hall–Kier alpha value is -4.13. The first-order valence-corrected chi connectivity index (χ1v) is 11.4. The molecule has 3 aromatic rings. The fraction of sp³-hybridized carbons (Fsp3) is 0.0909. The lowest BCUT2D eigenvalue weighted by atomic mass is 10.1. The maximum Gasteiger partial charge on any atom is 0.283 e. The number of nitro groups is 2. The molecule has 4 rings (SSSR count). The molecule has 12 heteroatoms. The Balaban J connectivity index is 1.84. The van der Waals surface area contributed by atoms with Crippen molar-refractivity contribution in [2.24, 2.45) is 0 Å². The second-order valence-electron chi connectivity index (χ2n) is 7.33. The molecule has 1 aliphatic heterocycles. The lowest BCUT2D eigenvalue weighted by Gasteiger charge is -2.36. The number of nitrogens with zero attached hydrogens (tertiary/aromatic N) is 4. The molecule has 174 valence electrons. The van der Waals surface area contributed by atoms with Crippen LogP contribution in [0, 0.1) is 27.2 Å². The third kappa shape index (κ3) is 4.37. The van der Waals surface area contributed by atoms with Gasteiger partial charge in [-0.05, 0) is 37.3 Å². The predicted molar refractivity (Wildman–Crippen MR) is 122 cm³/mol. The van der Waals surface area contributed by atoms with Crippen molar-refractivity contribution in [3.8, 4) is 0 Å². The van der Waals surface area contributed by atoms with Crippen molar-refractivity contribution in [3.05, 3.63) is 116 Å². The fourth-order valence-corrected chi connectivity index (χ4v) is 4.60. The molecule has 0 aliphatic carbocycles.